The van der Waals surface area contributed by atoms with Crippen molar-refractivity contribution in [2.75, 3.05) is 19.0 Å². The fourth-order valence-electron chi connectivity index (χ4n) is 3.81. The second-order valence-electron chi connectivity index (χ2n) is 8.27. The summed E-state index contributed by atoms with van der Waals surface area (Å²) in [6, 6.07) is 21.9. The third-order valence-electron chi connectivity index (χ3n) is 5.59. The molecule has 2 aromatic heterocycles. The van der Waals surface area contributed by atoms with Crippen LogP contribution >= 0.6 is 0 Å². The maximum atomic E-state index is 13.9. The molecule has 0 saturated heterocycles. The fraction of sp³-hybridized carbons (Fsp3) is 0.240. The van der Waals surface area contributed by atoms with Crippen LogP contribution < -0.4 is 4.90 Å². The van der Waals surface area contributed by atoms with Crippen LogP contribution in [0.4, 0.5) is 5.82 Å². The zero-order chi connectivity index (χ0) is 21.5. The Hall–Kier alpha value is -3.47. The Morgan fingerprint density at radius 3 is 2.30 bits per heavy atom. The van der Waals surface area contributed by atoms with E-state index in [0.717, 1.165) is 33.5 Å². The van der Waals surface area contributed by atoms with Crippen molar-refractivity contribution in [2.24, 2.45) is 7.05 Å². The number of hydrogen-bond acceptors (Lipinski definition) is 4. The van der Waals surface area contributed by atoms with E-state index < -0.39 is 5.41 Å². The molecule has 2 aromatic carbocycles. The van der Waals surface area contributed by atoms with Gasteiger partial charge in [-0.2, -0.15) is 5.10 Å². The minimum atomic E-state index is -0.704. The Bertz CT molecular complexity index is 1220. The van der Waals surface area contributed by atoms with E-state index in [1.165, 1.54) is 0 Å². The third-order valence-corrected chi connectivity index (χ3v) is 5.59. The summed E-state index contributed by atoms with van der Waals surface area (Å²) < 4.78 is 1.69. The topological polar surface area (TPSA) is 51.0 Å². The van der Waals surface area contributed by atoms with E-state index >= 15 is 0 Å². The molecule has 0 saturated carbocycles. The first kappa shape index (κ1) is 19.8. The number of carbonyl (C=O) groups excluding carboxylic acids is 1. The Kier molecular flexibility index (Phi) is 4.90. The normalized spacial score (nSPS) is 11.6. The van der Waals surface area contributed by atoms with Gasteiger partial charge in [0, 0.05) is 26.5 Å². The van der Waals surface area contributed by atoms with Crippen molar-refractivity contribution < 1.29 is 4.79 Å². The molecule has 0 N–H and O–H groups in total. The Morgan fingerprint density at radius 2 is 1.60 bits per heavy atom. The van der Waals surface area contributed by atoms with Crippen molar-refractivity contribution in [3.63, 3.8) is 0 Å². The van der Waals surface area contributed by atoms with Gasteiger partial charge < -0.3 is 4.90 Å². The number of fused-ring (bicyclic) bond motifs is 1. The number of Topliss-reactive ketones (excluding diaryl/α,β-unsaturated/α-hetero) is 1. The summed E-state index contributed by atoms with van der Waals surface area (Å²) in [5.41, 5.74) is 3.24. The van der Waals surface area contributed by atoms with E-state index in [1.54, 1.807) is 4.68 Å². The average molecular weight is 399 g/mol. The zero-order valence-corrected chi connectivity index (χ0v) is 18.0. The highest BCUT2D eigenvalue weighted by atomic mass is 16.1. The summed E-state index contributed by atoms with van der Waals surface area (Å²) >= 11 is 0. The van der Waals surface area contributed by atoms with Crippen LogP contribution in [0, 0.1) is 0 Å². The maximum Gasteiger partial charge on any atom is 0.191 e. The highest BCUT2D eigenvalue weighted by molar-refractivity contribution is 6.08. The molecule has 2 heterocycles. The molecular weight excluding hydrogens is 372 g/mol. The number of benzene rings is 2. The summed E-state index contributed by atoms with van der Waals surface area (Å²) in [5, 5.41) is 5.74. The molecule has 4 aromatic rings. The largest absolute Gasteiger partial charge is 0.361 e. The number of anilines is 1. The van der Waals surface area contributed by atoms with Gasteiger partial charge in [-0.3, -0.25) is 9.48 Å². The summed E-state index contributed by atoms with van der Waals surface area (Å²) in [6.07, 6.45) is 0. The highest BCUT2D eigenvalue weighted by Crippen LogP contribution is 2.37. The second-order valence-corrected chi connectivity index (χ2v) is 8.27. The number of pyridine rings is 1. The lowest BCUT2D eigenvalue weighted by Gasteiger charge is -2.24. The van der Waals surface area contributed by atoms with E-state index in [2.05, 4.69) is 5.10 Å². The number of carbonyl (C=O) groups is 1. The summed E-state index contributed by atoms with van der Waals surface area (Å²) in [7, 11) is 5.69. The quantitative estimate of drug-likeness (QED) is 0.451. The molecule has 5 heteroatoms. The molecule has 0 amide bonds. The molecule has 0 aliphatic heterocycles. The SMILES string of the molecule is CN(C)c1nn(C)c(C(=O)C(C)(C)c2ccccc2)c1-c1ccc2ccccc2n1. The fourth-order valence-corrected chi connectivity index (χ4v) is 3.81. The molecule has 0 bridgehead atoms. The minimum Gasteiger partial charge on any atom is -0.361 e. The molecule has 0 unspecified atom stereocenters. The molecule has 0 aliphatic rings. The van der Waals surface area contributed by atoms with Crippen molar-refractivity contribution in [1.29, 1.82) is 0 Å². The lowest BCUT2D eigenvalue weighted by atomic mass is 9.78. The third kappa shape index (κ3) is 3.26. The van der Waals surface area contributed by atoms with Gasteiger partial charge in [0.2, 0.25) is 0 Å². The van der Waals surface area contributed by atoms with Crippen molar-refractivity contribution in [2.45, 2.75) is 19.3 Å². The lowest BCUT2D eigenvalue weighted by Crippen LogP contribution is -2.31. The van der Waals surface area contributed by atoms with Gasteiger partial charge in [-0.1, -0.05) is 54.6 Å². The van der Waals surface area contributed by atoms with E-state index in [4.69, 9.17) is 4.98 Å². The molecule has 152 valence electrons. The number of rotatable bonds is 5. The van der Waals surface area contributed by atoms with Crippen molar-refractivity contribution in [3.05, 3.63) is 78.0 Å². The first-order valence-corrected chi connectivity index (χ1v) is 10.0. The summed E-state index contributed by atoms with van der Waals surface area (Å²) in [4.78, 5) is 20.7. The molecule has 0 aliphatic carbocycles. The minimum absolute atomic E-state index is 0.0155. The van der Waals surface area contributed by atoms with Crippen LogP contribution in [0.1, 0.15) is 29.9 Å². The predicted molar refractivity (Wildman–Crippen MR) is 122 cm³/mol. The van der Waals surface area contributed by atoms with Gasteiger partial charge >= 0.3 is 0 Å². The van der Waals surface area contributed by atoms with Crippen molar-refractivity contribution >= 4 is 22.5 Å². The van der Waals surface area contributed by atoms with Crippen LogP contribution in [0.25, 0.3) is 22.2 Å². The number of hydrogen-bond donors (Lipinski definition) is 0. The molecule has 30 heavy (non-hydrogen) atoms. The van der Waals surface area contributed by atoms with Crippen LogP contribution in [-0.2, 0) is 12.5 Å². The number of nitrogens with zero attached hydrogens (tertiary/aromatic N) is 4. The van der Waals surface area contributed by atoms with Crippen LogP contribution in [0.2, 0.25) is 0 Å². The van der Waals surface area contributed by atoms with Crippen molar-refractivity contribution in [1.82, 2.24) is 14.8 Å². The van der Waals surface area contributed by atoms with E-state index in [9.17, 15) is 4.79 Å². The zero-order valence-electron chi connectivity index (χ0n) is 18.0. The number of aromatic nitrogens is 3. The van der Waals surface area contributed by atoms with Gasteiger partial charge in [0.05, 0.1) is 22.2 Å². The highest BCUT2D eigenvalue weighted by Gasteiger charge is 2.36. The predicted octanol–water partition coefficient (Wildman–Crippen LogP) is 4.86. The molecule has 0 atom stereocenters. The summed E-state index contributed by atoms with van der Waals surface area (Å²) in [5.74, 6) is 0.745. The van der Waals surface area contributed by atoms with Crippen LogP contribution in [-0.4, -0.2) is 34.6 Å². The molecule has 0 fully saturated rings. The van der Waals surface area contributed by atoms with E-state index in [-0.39, 0.29) is 5.78 Å². The smallest absolute Gasteiger partial charge is 0.191 e. The lowest BCUT2D eigenvalue weighted by molar-refractivity contribution is 0.0899. The first-order chi connectivity index (χ1) is 14.3. The van der Waals surface area contributed by atoms with Crippen LogP contribution in [0.3, 0.4) is 0 Å². The van der Waals surface area contributed by atoms with Crippen molar-refractivity contribution in [3.8, 4) is 11.3 Å². The van der Waals surface area contributed by atoms with Crippen LogP contribution in [0.15, 0.2) is 66.7 Å². The van der Waals surface area contributed by atoms with Gasteiger partial charge in [-0.25, -0.2) is 4.98 Å². The number of aryl methyl sites for hydroxylation is 1. The molecule has 0 radical (unpaired) electrons. The molecular formula is C25H26N4O. The second kappa shape index (κ2) is 7.41. The Balaban J connectivity index is 1.93. The maximum absolute atomic E-state index is 13.9. The van der Waals surface area contributed by atoms with Gasteiger partial charge in [0.15, 0.2) is 11.6 Å². The van der Waals surface area contributed by atoms with E-state index in [1.807, 2.05) is 107 Å². The first-order valence-electron chi connectivity index (χ1n) is 10.0. The van der Waals surface area contributed by atoms with E-state index in [0.29, 0.717) is 5.69 Å². The molecule has 5 nitrogen and oxygen atoms in total. The Labute approximate surface area is 177 Å². The summed E-state index contributed by atoms with van der Waals surface area (Å²) in [6.45, 7) is 3.93. The monoisotopic (exact) mass is 398 g/mol. The Morgan fingerprint density at radius 1 is 0.933 bits per heavy atom. The van der Waals surface area contributed by atoms with Crippen LogP contribution in [0.5, 0.6) is 0 Å². The standard InChI is InChI=1S/C25H26N4O/c1-25(2,18-12-7-6-8-13-18)23(30)22-21(24(28(3)4)27-29(22)5)20-16-15-17-11-9-10-14-19(17)26-20/h6-16H,1-5H3. The number of ketones is 1. The van der Waals surface area contributed by atoms with Gasteiger partial charge in [-0.05, 0) is 31.5 Å². The molecule has 0 spiro atoms. The van der Waals surface area contributed by atoms with Gasteiger partial charge in [0.1, 0.15) is 5.69 Å². The average Bonchev–Trinajstić information content (AvgIpc) is 3.10. The number of para-hydroxylation sites is 1. The van der Waals surface area contributed by atoms with Gasteiger partial charge in [0.25, 0.3) is 0 Å². The van der Waals surface area contributed by atoms with Gasteiger partial charge in [-0.15, -0.1) is 0 Å². The molecule has 4 rings (SSSR count).